The Morgan fingerprint density at radius 3 is 0.857 bits per heavy atom. The fourth-order valence-corrected chi connectivity index (χ4v) is 11.0. The quantitative estimate of drug-likeness (QED) is 0.164. The molecular weight excluding hydrogens is 859 g/mol. The topological polar surface area (TPSA) is 75.8 Å². The van der Waals surface area contributed by atoms with Crippen LogP contribution in [0.4, 0.5) is 34.1 Å². The molecule has 0 amide bonds. The average Bonchev–Trinajstić information content (AvgIpc) is 3.54. The van der Waals surface area contributed by atoms with Crippen molar-refractivity contribution in [3.05, 3.63) is 216 Å². The second kappa shape index (κ2) is 16.1. The largest absolute Gasteiger partial charge is 0.453 e. The molecule has 3 heterocycles. The van der Waals surface area contributed by atoms with Gasteiger partial charge in [-0.3, -0.25) is 4.90 Å². The van der Waals surface area contributed by atoms with Crippen molar-refractivity contribution >= 4 is 34.1 Å². The molecule has 3 aliphatic rings. The molecule has 0 saturated carbocycles. The van der Waals surface area contributed by atoms with E-state index in [1.165, 1.54) is 0 Å². The minimum Gasteiger partial charge on any atom is -0.453 e. The molecule has 0 spiro atoms. The zero-order valence-corrected chi connectivity index (χ0v) is 39.5. The first-order valence-electron chi connectivity index (χ1n) is 23.6. The fraction of sp³-hybridized carbons (Fsp3) is 0.111. The molecule has 0 radical (unpaired) electrons. The Hall–Kier alpha value is -8.88. The van der Waals surface area contributed by atoms with Crippen molar-refractivity contribution in [2.45, 2.75) is 38.8 Å². The van der Waals surface area contributed by atoms with Crippen LogP contribution < -0.4 is 19.3 Å². The molecule has 9 aromatic carbocycles. The number of fused-ring (bicyclic) bond motifs is 5. The van der Waals surface area contributed by atoms with E-state index in [0.717, 1.165) is 78.4 Å². The van der Waals surface area contributed by atoms with Crippen LogP contribution in [-0.4, -0.2) is 11.9 Å². The van der Waals surface area contributed by atoms with Gasteiger partial charge in [0, 0.05) is 22.2 Å². The molecule has 0 bridgehead atoms. The SMILES string of the molecule is CN1C(C)(C)c2c(N3c4ccc(-c5ccccc5)cc4Oc4cc(-c5ccccc5)ccc43)c(C#N)c(C#N)c(N3c4ccc(-c5ccccc5)cc4Oc4cc(-c5ccccc5)ccc43)c2C1(C)C. The summed E-state index contributed by atoms with van der Waals surface area (Å²) < 4.78 is 14.0. The van der Waals surface area contributed by atoms with Gasteiger partial charge in [-0.25, -0.2) is 0 Å². The van der Waals surface area contributed by atoms with E-state index in [0.29, 0.717) is 34.4 Å². The predicted molar refractivity (Wildman–Crippen MR) is 281 cm³/mol. The standard InChI is InChI=1S/C63H47N5O2/c1-62(2)58-59(63(3,4)66(62)5)61(68-52-32-28-46(42-22-14-8-15-23-42)36-56(52)70-57-37-47(29-33-53(57)68)43-24-16-9-17-25-43)49(39-65)48(38-64)60(58)67-50-30-26-44(40-18-10-6-11-19-40)34-54(50)69-55-35-45(27-31-51(55)67)41-20-12-7-13-21-41/h6-37H,1-5H3. The van der Waals surface area contributed by atoms with Gasteiger partial charge in [0.05, 0.1) is 45.3 Å². The van der Waals surface area contributed by atoms with E-state index in [2.05, 4.69) is 183 Å². The minimum absolute atomic E-state index is 0.268. The molecular formula is C63H47N5O2. The number of nitrogens with zero attached hydrogens (tertiary/aromatic N) is 5. The van der Waals surface area contributed by atoms with E-state index >= 15 is 0 Å². The summed E-state index contributed by atoms with van der Waals surface area (Å²) in [6.45, 7) is 8.89. The lowest BCUT2D eigenvalue weighted by atomic mass is 9.81. The average molecular weight is 906 g/mol. The molecule has 70 heavy (non-hydrogen) atoms. The van der Waals surface area contributed by atoms with Gasteiger partial charge >= 0.3 is 0 Å². The van der Waals surface area contributed by atoms with Crippen molar-refractivity contribution in [2.24, 2.45) is 0 Å². The summed E-state index contributed by atoms with van der Waals surface area (Å²) in [5, 5.41) is 23.7. The molecule has 9 aromatic rings. The van der Waals surface area contributed by atoms with Crippen molar-refractivity contribution in [3.63, 3.8) is 0 Å². The van der Waals surface area contributed by atoms with Crippen molar-refractivity contribution in [1.82, 2.24) is 4.90 Å². The maximum absolute atomic E-state index is 11.9. The highest BCUT2D eigenvalue weighted by Crippen LogP contribution is 2.64. The monoisotopic (exact) mass is 905 g/mol. The van der Waals surface area contributed by atoms with Gasteiger partial charge in [-0.1, -0.05) is 146 Å². The smallest absolute Gasteiger partial charge is 0.152 e. The van der Waals surface area contributed by atoms with Crippen LogP contribution in [-0.2, 0) is 11.1 Å². The zero-order valence-electron chi connectivity index (χ0n) is 39.5. The second-order valence-corrected chi connectivity index (χ2v) is 19.2. The Morgan fingerprint density at radius 2 is 0.614 bits per heavy atom. The Labute approximate surface area is 408 Å². The van der Waals surface area contributed by atoms with Gasteiger partial charge in [0.1, 0.15) is 12.1 Å². The highest BCUT2D eigenvalue weighted by atomic mass is 16.5. The van der Waals surface area contributed by atoms with Gasteiger partial charge in [-0.05, 0) is 128 Å². The first-order chi connectivity index (χ1) is 34.1. The highest BCUT2D eigenvalue weighted by molar-refractivity contribution is 6.00. The highest BCUT2D eigenvalue weighted by Gasteiger charge is 2.54. The Balaban J connectivity index is 1.16. The number of nitriles is 2. The fourth-order valence-electron chi connectivity index (χ4n) is 11.0. The number of hydrogen-bond acceptors (Lipinski definition) is 7. The van der Waals surface area contributed by atoms with Crippen LogP contribution in [0.2, 0.25) is 0 Å². The summed E-state index contributed by atoms with van der Waals surface area (Å²) in [6.07, 6.45) is 0. The third-order valence-electron chi connectivity index (χ3n) is 14.7. The first kappa shape index (κ1) is 42.5. The zero-order chi connectivity index (χ0) is 47.9. The number of anilines is 6. The minimum atomic E-state index is -0.665. The van der Waals surface area contributed by atoms with Crippen LogP contribution in [0.15, 0.2) is 194 Å². The summed E-state index contributed by atoms with van der Waals surface area (Å²) in [5.41, 5.74) is 13.7. The Bertz CT molecular complexity index is 3230. The second-order valence-electron chi connectivity index (χ2n) is 19.2. The summed E-state index contributed by atoms with van der Waals surface area (Å²) in [6, 6.07) is 71.5. The molecule has 336 valence electrons. The molecule has 12 rings (SSSR count). The van der Waals surface area contributed by atoms with Crippen LogP contribution in [0.3, 0.4) is 0 Å². The van der Waals surface area contributed by atoms with Crippen molar-refractivity contribution in [1.29, 1.82) is 10.5 Å². The van der Waals surface area contributed by atoms with Gasteiger partial charge in [0.25, 0.3) is 0 Å². The van der Waals surface area contributed by atoms with Gasteiger partial charge in [-0.15, -0.1) is 0 Å². The molecule has 3 aliphatic heterocycles. The Morgan fingerprint density at radius 1 is 0.357 bits per heavy atom. The molecule has 7 nitrogen and oxygen atoms in total. The number of hydrogen-bond donors (Lipinski definition) is 0. The van der Waals surface area contributed by atoms with Crippen molar-refractivity contribution in [3.8, 4) is 79.6 Å². The van der Waals surface area contributed by atoms with E-state index < -0.39 is 11.1 Å². The van der Waals surface area contributed by atoms with Crippen LogP contribution in [0.25, 0.3) is 44.5 Å². The van der Waals surface area contributed by atoms with Gasteiger partial charge in [-0.2, -0.15) is 10.5 Å². The lowest BCUT2D eigenvalue weighted by Crippen LogP contribution is -2.42. The third-order valence-corrected chi connectivity index (χ3v) is 14.7. The normalized spacial score (nSPS) is 14.7. The van der Waals surface area contributed by atoms with Gasteiger partial charge in [0.15, 0.2) is 23.0 Å². The lowest BCUT2D eigenvalue weighted by molar-refractivity contribution is 0.0734. The predicted octanol–water partition coefficient (Wildman–Crippen LogP) is 16.7. The summed E-state index contributed by atoms with van der Waals surface area (Å²) in [5.74, 6) is 2.56. The summed E-state index contributed by atoms with van der Waals surface area (Å²) in [7, 11) is 2.14. The maximum Gasteiger partial charge on any atom is 0.152 e. The maximum atomic E-state index is 11.9. The van der Waals surface area contributed by atoms with E-state index in [4.69, 9.17) is 9.47 Å². The number of rotatable bonds is 6. The lowest BCUT2D eigenvalue weighted by Gasteiger charge is -2.40. The molecule has 0 unspecified atom stereocenters. The van der Waals surface area contributed by atoms with Gasteiger partial charge < -0.3 is 19.3 Å². The van der Waals surface area contributed by atoms with Crippen LogP contribution in [0.1, 0.15) is 49.9 Å². The first-order valence-corrected chi connectivity index (χ1v) is 23.6. The van der Waals surface area contributed by atoms with E-state index in [1.807, 2.05) is 72.8 Å². The van der Waals surface area contributed by atoms with E-state index in [-0.39, 0.29) is 11.1 Å². The molecule has 0 atom stereocenters. The van der Waals surface area contributed by atoms with Crippen LogP contribution >= 0.6 is 0 Å². The summed E-state index contributed by atoms with van der Waals surface area (Å²) >= 11 is 0. The van der Waals surface area contributed by atoms with Crippen molar-refractivity contribution in [2.75, 3.05) is 16.8 Å². The molecule has 0 aliphatic carbocycles. The molecule has 0 saturated heterocycles. The van der Waals surface area contributed by atoms with Crippen molar-refractivity contribution < 1.29 is 9.47 Å². The van der Waals surface area contributed by atoms with Crippen LogP contribution in [0.5, 0.6) is 23.0 Å². The molecule has 0 N–H and O–H groups in total. The number of benzene rings is 9. The van der Waals surface area contributed by atoms with E-state index in [9.17, 15) is 10.5 Å². The molecule has 7 heteroatoms. The van der Waals surface area contributed by atoms with Gasteiger partial charge in [0.2, 0.25) is 0 Å². The molecule has 0 aromatic heterocycles. The molecule has 0 fully saturated rings. The Kier molecular flexibility index (Phi) is 9.79. The number of ether oxygens (including phenoxy) is 2. The summed E-state index contributed by atoms with van der Waals surface area (Å²) in [4.78, 5) is 6.73. The van der Waals surface area contributed by atoms with Crippen LogP contribution in [0, 0.1) is 22.7 Å². The third kappa shape index (κ3) is 6.51. The van der Waals surface area contributed by atoms with E-state index in [1.54, 1.807) is 0 Å².